The van der Waals surface area contributed by atoms with Crippen LogP contribution in [-0.4, -0.2) is 21.7 Å². The summed E-state index contributed by atoms with van der Waals surface area (Å²) in [7, 11) is 0. The number of aryl methyl sites for hydroxylation is 1. The number of aromatic amines is 1. The number of aliphatic imine (C=N–C) groups is 2. The van der Waals surface area contributed by atoms with Crippen molar-refractivity contribution in [3.63, 3.8) is 0 Å². The Bertz CT molecular complexity index is 1630. The Morgan fingerprint density at radius 1 is 0.757 bits per heavy atom. The Hall–Kier alpha value is -5.03. The van der Waals surface area contributed by atoms with E-state index in [9.17, 15) is 4.79 Å². The molecule has 37 heavy (non-hydrogen) atoms. The van der Waals surface area contributed by atoms with Crippen LogP contribution in [0.1, 0.15) is 22.4 Å². The van der Waals surface area contributed by atoms with E-state index in [1.54, 1.807) is 10.9 Å². The first-order chi connectivity index (χ1) is 18.2. The van der Waals surface area contributed by atoms with Gasteiger partial charge >= 0.3 is 0 Å². The topological polar surface area (TPSA) is 62.5 Å². The van der Waals surface area contributed by atoms with E-state index >= 15 is 0 Å². The molecule has 1 N–H and O–H groups in total. The molecule has 0 amide bonds. The fourth-order valence-corrected chi connectivity index (χ4v) is 4.08. The minimum absolute atomic E-state index is 0.155. The molecule has 5 heteroatoms. The largest absolute Gasteiger partial charge is 0.295 e. The van der Waals surface area contributed by atoms with Gasteiger partial charge in [-0.2, -0.15) is 0 Å². The Balaban J connectivity index is 1.58. The molecule has 0 radical (unpaired) electrons. The molecular weight excluding hydrogens is 456 g/mol. The molecule has 0 fully saturated rings. The molecule has 0 unspecified atom stereocenters. The van der Waals surface area contributed by atoms with Crippen molar-refractivity contribution in [3.05, 3.63) is 154 Å². The molecule has 0 spiro atoms. The van der Waals surface area contributed by atoms with Crippen LogP contribution >= 0.6 is 0 Å². The maximum atomic E-state index is 13.6. The molecule has 5 aromatic rings. The summed E-state index contributed by atoms with van der Waals surface area (Å²) in [5.41, 5.74) is 5.82. The number of hydrogen-bond acceptors (Lipinski definition) is 3. The highest BCUT2D eigenvalue weighted by Crippen LogP contribution is 2.29. The van der Waals surface area contributed by atoms with Crippen LogP contribution in [0.3, 0.4) is 0 Å². The quantitative estimate of drug-likeness (QED) is 0.248. The van der Waals surface area contributed by atoms with Crippen LogP contribution in [-0.2, 0) is 0 Å². The first kappa shape index (κ1) is 23.7. The average Bonchev–Trinajstić information content (AvgIpc) is 3.25. The van der Waals surface area contributed by atoms with Crippen molar-refractivity contribution in [3.8, 4) is 5.69 Å². The van der Waals surface area contributed by atoms with E-state index in [0.717, 1.165) is 22.5 Å². The highest BCUT2D eigenvalue weighted by Gasteiger charge is 2.20. The van der Waals surface area contributed by atoms with E-state index < -0.39 is 0 Å². The third-order valence-corrected chi connectivity index (χ3v) is 5.87. The van der Waals surface area contributed by atoms with Crippen molar-refractivity contribution in [2.45, 2.75) is 6.92 Å². The van der Waals surface area contributed by atoms with Gasteiger partial charge in [-0.3, -0.25) is 14.9 Å². The number of hydrogen-bond donors (Lipinski definition) is 1. The van der Waals surface area contributed by atoms with Crippen molar-refractivity contribution >= 4 is 29.4 Å². The van der Waals surface area contributed by atoms with E-state index in [1.807, 2.05) is 134 Å². The van der Waals surface area contributed by atoms with E-state index in [1.165, 1.54) is 0 Å². The van der Waals surface area contributed by atoms with Gasteiger partial charge in [0.2, 0.25) is 0 Å². The third-order valence-electron chi connectivity index (χ3n) is 5.87. The summed E-state index contributed by atoms with van der Waals surface area (Å²) in [6.07, 6.45) is 5.66. The van der Waals surface area contributed by atoms with Gasteiger partial charge in [0.15, 0.2) is 0 Å². The number of aromatic nitrogens is 2. The lowest BCUT2D eigenvalue weighted by molar-refractivity contribution is 0.835. The zero-order valence-electron chi connectivity index (χ0n) is 20.5. The lowest BCUT2D eigenvalue weighted by atomic mass is 10.0. The average molecular weight is 483 g/mol. The van der Waals surface area contributed by atoms with Crippen LogP contribution in [0.15, 0.2) is 136 Å². The Morgan fingerprint density at radius 3 is 2.05 bits per heavy atom. The van der Waals surface area contributed by atoms with E-state index in [0.29, 0.717) is 22.6 Å². The maximum Gasteiger partial charge on any atom is 0.280 e. The lowest BCUT2D eigenvalue weighted by Crippen LogP contribution is -2.21. The standard InChI is InChI=1S/C32H26N4O/c1-24-30(32(37)36(35-24)27-19-9-4-10-20-27)31(26-17-7-3-8-18-26)34-29-22-12-11-21-28(29)33-23-13-16-25-14-5-2-6-15-25/h2-23,35H,1H3/b16-13+,33-23?,34-31?. The molecule has 0 saturated heterocycles. The summed E-state index contributed by atoms with van der Waals surface area (Å²) in [4.78, 5) is 23.3. The van der Waals surface area contributed by atoms with Crippen molar-refractivity contribution in [2.24, 2.45) is 9.98 Å². The van der Waals surface area contributed by atoms with Gasteiger partial charge in [0.25, 0.3) is 5.56 Å². The predicted octanol–water partition coefficient (Wildman–Crippen LogP) is 7.06. The number of benzene rings is 4. The second kappa shape index (κ2) is 11.1. The van der Waals surface area contributed by atoms with Crippen LogP contribution in [0.5, 0.6) is 0 Å². The van der Waals surface area contributed by atoms with Gasteiger partial charge in [-0.05, 0) is 42.8 Å². The van der Waals surface area contributed by atoms with E-state index in [2.05, 4.69) is 10.1 Å². The van der Waals surface area contributed by atoms with Crippen molar-refractivity contribution in [2.75, 3.05) is 0 Å². The van der Waals surface area contributed by atoms with Crippen LogP contribution < -0.4 is 5.56 Å². The van der Waals surface area contributed by atoms with Gasteiger partial charge in [-0.15, -0.1) is 0 Å². The molecule has 0 aliphatic carbocycles. The van der Waals surface area contributed by atoms with E-state index in [4.69, 9.17) is 4.99 Å². The number of nitrogens with one attached hydrogen (secondary N) is 1. The molecule has 5 nitrogen and oxygen atoms in total. The van der Waals surface area contributed by atoms with Gasteiger partial charge in [0.05, 0.1) is 28.3 Å². The summed E-state index contributed by atoms with van der Waals surface area (Å²) in [5.74, 6) is 0. The smallest absolute Gasteiger partial charge is 0.280 e. The number of allylic oxidation sites excluding steroid dienone is 1. The van der Waals surface area contributed by atoms with Crippen LogP contribution in [0.2, 0.25) is 0 Å². The highest BCUT2D eigenvalue weighted by atomic mass is 16.1. The van der Waals surface area contributed by atoms with Gasteiger partial charge < -0.3 is 0 Å². The van der Waals surface area contributed by atoms with Crippen LogP contribution in [0.4, 0.5) is 11.4 Å². The molecule has 1 heterocycles. The molecule has 1 aromatic heterocycles. The summed E-state index contributed by atoms with van der Waals surface area (Å²) in [6.45, 7) is 1.90. The normalized spacial score (nSPS) is 12.0. The molecular formula is C32H26N4O. The van der Waals surface area contributed by atoms with Crippen molar-refractivity contribution in [1.82, 2.24) is 9.78 Å². The van der Waals surface area contributed by atoms with Gasteiger partial charge in [-0.25, -0.2) is 9.67 Å². The SMILES string of the molecule is Cc1[nH]n(-c2ccccc2)c(=O)c1C(=Nc1ccccc1N=C/C=C/c1ccccc1)c1ccccc1. The number of nitrogens with zero attached hydrogens (tertiary/aromatic N) is 3. The zero-order chi connectivity index (χ0) is 25.5. The Morgan fingerprint density at radius 2 is 1.35 bits per heavy atom. The molecule has 4 aromatic carbocycles. The summed E-state index contributed by atoms with van der Waals surface area (Å²) < 4.78 is 1.56. The lowest BCUT2D eigenvalue weighted by Gasteiger charge is -2.07. The third kappa shape index (κ3) is 5.46. The Kier molecular flexibility index (Phi) is 7.14. The summed E-state index contributed by atoms with van der Waals surface area (Å²) >= 11 is 0. The first-order valence-corrected chi connectivity index (χ1v) is 12.1. The molecule has 0 atom stereocenters. The molecule has 180 valence electrons. The number of H-pyrrole nitrogens is 1. The van der Waals surface area contributed by atoms with E-state index in [-0.39, 0.29) is 5.56 Å². The highest BCUT2D eigenvalue weighted by molar-refractivity contribution is 6.14. The van der Waals surface area contributed by atoms with Gasteiger partial charge in [0, 0.05) is 17.5 Å². The number of para-hydroxylation sites is 3. The van der Waals surface area contributed by atoms with Gasteiger partial charge in [-0.1, -0.05) is 97.1 Å². The fourth-order valence-electron chi connectivity index (χ4n) is 4.08. The minimum Gasteiger partial charge on any atom is -0.295 e. The van der Waals surface area contributed by atoms with Crippen molar-refractivity contribution < 1.29 is 0 Å². The molecule has 0 aliphatic rings. The minimum atomic E-state index is -0.155. The molecule has 5 rings (SSSR count). The fraction of sp³-hybridized carbons (Fsp3) is 0.0312. The van der Waals surface area contributed by atoms with Gasteiger partial charge in [0.1, 0.15) is 0 Å². The van der Waals surface area contributed by atoms with Crippen molar-refractivity contribution in [1.29, 1.82) is 0 Å². The molecule has 0 saturated carbocycles. The number of rotatable bonds is 7. The van der Waals surface area contributed by atoms with Crippen LogP contribution in [0.25, 0.3) is 11.8 Å². The predicted molar refractivity (Wildman–Crippen MR) is 153 cm³/mol. The summed E-state index contributed by atoms with van der Waals surface area (Å²) in [6, 6.07) is 37.0. The second-order valence-corrected chi connectivity index (χ2v) is 8.45. The second-order valence-electron chi connectivity index (χ2n) is 8.45. The maximum absolute atomic E-state index is 13.6. The Labute approximate surface area is 215 Å². The summed E-state index contributed by atoms with van der Waals surface area (Å²) in [5, 5.41) is 3.22. The monoisotopic (exact) mass is 482 g/mol. The molecule has 0 bridgehead atoms. The zero-order valence-corrected chi connectivity index (χ0v) is 20.5. The molecule has 0 aliphatic heterocycles. The first-order valence-electron chi connectivity index (χ1n) is 12.1. The van der Waals surface area contributed by atoms with Crippen LogP contribution in [0, 0.1) is 6.92 Å².